The highest BCUT2D eigenvalue weighted by Gasteiger charge is 2.50. The Morgan fingerprint density at radius 1 is 1.25 bits per heavy atom. The zero-order chi connectivity index (χ0) is 16.7. The first-order valence-electron chi connectivity index (χ1n) is 8.23. The maximum atomic E-state index is 12.7. The van der Waals surface area contributed by atoms with Gasteiger partial charge in [0.1, 0.15) is 0 Å². The van der Waals surface area contributed by atoms with Crippen LogP contribution in [0.25, 0.3) is 0 Å². The second-order valence-corrected chi connectivity index (χ2v) is 6.26. The van der Waals surface area contributed by atoms with Crippen LogP contribution in [0.15, 0.2) is 48.5 Å². The van der Waals surface area contributed by atoms with E-state index in [2.05, 4.69) is 5.32 Å². The molecule has 2 aromatic rings. The Hall–Kier alpha value is -2.69. The molecule has 124 valence electrons. The molecule has 2 aliphatic rings. The van der Waals surface area contributed by atoms with Crippen LogP contribution in [-0.2, 0) is 0 Å². The number of nitrogens with one attached hydrogen (secondary N) is 1. The molecule has 1 N–H and O–H groups in total. The van der Waals surface area contributed by atoms with E-state index in [0.29, 0.717) is 13.0 Å². The minimum Gasteiger partial charge on any atom is -0.490 e. The van der Waals surface area contributed by atoms with E-state index in [4.69, 9.17) is 9.47 Å². The average Bonchev–Trinajstić information content (AvgIpc) is 2.56. The van der Waals surface area contributed by atoms with E-state index in [1.165, 1.54) is 0 Å². The third-order valence-electron chi connectivity index (χ3n) is 4.58. The van der Waals surface area contributed by atoms with E-state index < -0.39 is 5.72 Å². The lowest BCUT2D eigenvalue weighted by atomic mass is 9.90. The number of amides is 2. The van der Waals surface area contributed by atoms with Gasteiger partial charge < -0.3 is 14.8 Å². The molecule has 4 rings (SSSR count). The molecule has 24 heavy (non-hydrogen) atoms. The highest BCUT2D eigenvalue weighted by atomic mass is 16.5. The maximum absolute atomic E-state index is 12.7. The number of carbonyl (C=O) groups excluding carboxylic acids is 1. The van der Waals surface area contributed by atoms with Crippen molar-refractivity contribution >= 4 is 11.7 Å². The van der Waals surface area contributed by atoms with Crippen molar-refractivity contribution in [3.8, 4) is 11.5 Å². The molecule has 1 fully saturated rings. The highest BCUT2D eigenvalue weighted by Crippen LogP contribution is 2.48. The third-order valence-corrected chi connectivity index (χ3v) is 4.58. The molecule has 0 aliphatic carbocycles. The van der Waals surface area contributed by atoms with Gasteiger partial charge in [-0.2, -0.15) is 0 Å². The minimum atomic E-state index is -0.755. The summed E-state index contributed by atoms with van der Waals surface area (Å²) in [5, 5.41) is 3.10. The Morgan fingerprint density at radius 2 is 2.04 bits per heavy atom. The van der Waals surface area contributed by atoms with E-state index >= 15 is 0 Å². The molecule has 0 spiro atoms. The number of fused-ring (bicyclic) bond motifs is 4. The first-order valence-corrected chi connectivity index (χ1v) is 8.23. The number of rotatable bonds is 3. The topological polar surface area (TPSA) is 50.8 Å². The second kappa shape index (κ2) is 5.44. The predicted octanol–water partition coefficient (Wildman–Crippen LogP) is 3.85. The molecule has 5 heteroatoms. The molecular weight excluding hydrogens is 304 g/mol. The lowest BCUT2D eigenvalue weighted by Crippen LogP contribution is -2.65. The van der Waals surface area contributed by atoms with E-state index in [-0.39, 0.29) is 12.1 Å². The Morgan fingerprint density at radius 3 is 2.79 bits per heavy atom. The van der Waals surface area contributed by atoms with Gasteiger partial charge in [-0.25, -0.2) is 4.79 Å². The van der Waals surface area contributed by atoms with Crippen LogP contribution in [-0.4, -0.2) is 18.4 Å². The lowest BCUT2D eigenvalue weighted by Gasteiger charge is -2.50. The molecule has 0 aromatic heterocycles. The fourth-order valence-electron chi connectivity index (χ4n) is 3.60. The summed E-state index contributed by atoms with van der Waals surface area (Å²) in [5.74, 6) is 1.44. The summed E-state index contributed by atoms with van der Waals surface area (Å²) in [6, 6.07) is 15.2. The van der Waals surface area contributed by atoms with Crippen LogP contribution in [0.4, 0.5) is 10.5 Å². The predicted molar refractivity (Wildman–Crippen MR) is 91.5 cm³/mol. The first kappa shape index (κ1) is 14.9. The van der Waals surface area contributed by atoms with Crippen LogP contribution >= 0.6 is 0 Å². The molecule has 2 heterocycles. The monoisotopic (exact) mass is 324 g/mol. The first-order chi connectivity index (χ1) is 11.6. The zero-order valence-corrected chi connectivity index (χ0v) is 13.8. The van der Waals surface area contributed by atoms with Crippen LogP contribution < -0.4 is 19.7 Å². The van der Waals surface area contributed by atoms with E-state index in [9.17, 15) is 4.79 Å². The molecule has 2 atom stereocenters. The molecule has 2 aliphatic heterocycles. The Bertz CT molecular complexity index is 777. The Balaban J connectivity index is 1.81. The van der Waals surface area contributed by atoms with Crippen molar-refractivity contribution in [2.75, 3.05) is 11.5 Å². The van der Waals surface area contributed by atoms with Gasteiger partial charge in [0.2, 0.25) is 0 Å². The van der Waals surface area contributed by atoms with Crippen molar-refractivity contribution in [2.45, 2.75) is 32.0 Å². The number of anilines is 1. The number of benzene rings is 2. The van der Waals surface area contributed by atoms with Crippen LogP contribution in [0, 0.1) is 0 Å². The van der Waals surface area contributed by atoms with Crippen LogP contribution in [0.5, 0.6) is 11.5 Å². The van der Waals surface area contributed by atoms with Gasteiger partial charge in [0.25, 0.3) is 0 Å². The van der Waals surface area contributed by atoms with E-state index in [1.807, 2.05) is 62.4 Å². The highest BCUT2D eigenvalue weighted by molar-refractivity contribution is 5.95. The second-order valence-electron chi connectivity index (χ2n) is 6.26. The fraction of sp³-hybridized carbons (Fsp3) is 0.316. The molecule has 0 saturated carbocycles. The molecule has 2 amide bonds. The molecular formula is C19H20N2O3. The van der Waals surface area contributed by atoms with Crippen LogP contribution in [0.2, 0.25) is 0 Å². The SMILES string of the molecule is CCOc1cccc2c1OC1(C)CC2NC(=O)N1c1ccccc1. The number of ether oxygens (including phenoxy) is 2. The van der Waals surface area contributed by atoms with Crippen molar-refractivity contribution in [3.63, 3.8) is 0 Å². The molecule has 2 unspecified atom stereocenters. The maximum Gasteiger partial charge on any atom is 0.325 e. The summed E-state index contributed by atoms with van der Waals surface area (Å²) in [4.78, 5) is 14.4. The van der Waals surface area contributed by atoms with Gasteiger partial charge in [0.15, 0.2) is 17.2 Å². The number of nitrogens with zero attached hydrogens (tertiary/aromatic N) is 1. The average molecular weight is 324 g/mol. The number of hydrogen-bond donors (Lipinski definition) is 1. The van der Waals surface area contributed by atoms with Gasteiger partial charge in [-0.1, -0.05) is 30.3 Å². The molecule has 2 bridgehead atoms. The summed E-state index contributed by atoms with van der Waals surface area (Å²) < 4.78 is 12.1. The van der Waals surface area contributed by atoms with E-state index in [1.54, 1.807) is 4.90 Å². The lowest BCUT2D eigenvalue weighted by molar-refractivity contribution is 0.0343. The Kier molecular flexibility index (Phi) is 3.37. The smallest absolute Gasteiger partial charge is 0.325 e. The fourth-order valence-corrected chi connectivity index (χ4v) is 3.60. The van der Waals surface area contributed by atoms with Gasteiger partial charge >= 0.3 is 6.03 Å². The number of urea groups is 1. The van der Waals surface area contributed by atoms with E-state index in [0.717, 1.165) is 22.7 Å². The zero-order valence-electron chi connectivity index (χ0n) is 13.8. The number of carbonyl (C=O) groups is 1. The summed E-state index contributed by atoms with van der Waals surface area (Å²) in [6.45, 7) is 4.47. The summed E-state index contributed by atoms with van der Waals surface area (Å²) in [5.41, 5.74) is 1.03. The molecule has 1 saturated heterocycles. The largest absolute Gasteiger partial charge is 0.490 e. The normalized spacial score (nSPS) is 24.7. The molecule has 5 nitrogen and oxygen atoms in total. The van der Waals surface area contributed by atoms with Gasteiger partial charge in [0, 0.05) is 17.7 Å². The van der Waals surface area contributed by atoms with Gasteiger partial charge in [-0.3, -0.25) is 4.90 Å². The van der Waals surface area contributed by atoms with Crippen LogP contribution in [0.3, 0.4) is 0 Å². The summed E-state index contributed by atoms with van der Waals surface area (Å²) in [6.07, 6.45) is 0.677. The van der Waals surface area contributed by atoms with Crippen molar-refractivity contribution < 1.29 is 14.3 Å². The third kappa shape index (κ3) is 2.19. The van der Waals surface area contributed by atoms with Crippen molar-refractivity contribution in [2.24, 2.45) is 0 Å². The van der Waals surface area contributed by atoms with Gasteiger partial charge in [-0.05, 0) is 32.0 Å². The van der Waals surface area contributed by atoms with Crippen molar-refractivity contribution in [1.82, 2.24) is 5.32 Å². The summed E-state index contributed by atoms with van der Waals surface area (Å²) in [7, 11) is 0. The standard InChI is InChI=1S/C19H20N2O3/c1-3-23-16-11-7-10-14-15-12-19(2,24-17(14)16)21(18(22)20-15)13-8-5-4-6-9-13/h4-11,15H,3,12H2,1-2H3,(H,20,22). The van der Waals surface area contributed by atoms with Crippen molar-refractivity contribution in [1.29, 1.82) is 0 Å². The van der Waals surface area contributed by atoms with Gasteiger partial charge in [-0.15, -0.1) is 0 Å². The molecule has 0 radical (unpaired) electrons. The van der Waals surface area contributed by atoms with Crippen LogP contribution in [0.1, 0.15) is 31.9 Å². The van der Waals surface area contributed by atoms with Gasteiger partial charge in [0.05, 0.1) is 12.6 Å². The minimum absolute atomic E-state index is 0.0772. The number of hydrogen-bond acceptors (Lipinski definition) is 3. The molecule has 2 aromatic carbocycles. The number of para-hydroxylation sites is 2. The quantitative estimate of drug-likeness (QED) is 0.933. The summed E-state index contributed by atoms with van der Waals surface area (Å²) >= 11 is 0. The van der Waals surface area contributed by atoms with Crippen molar-refractivity contribution in [3.05, 3.63) is 54.1 Å². The Labute approximate surface area is 141 Å².